The van der Waals surface area contributed by atoms with Gasteiger partial charge < -0.3 is 5.11 Å². The molecule has 3 aromatic rings. The number of halogens is 3. The maximum atomic E-state index is 14.8. The average molecular weight is 634 g/mol. The van der Waals surface area contributed by atoms with Crippen molar-refractivity contribution in [3.8, 4) is 5.75 Å². The van der Waals surface area contributed by atoms with E-state index in [0.29, 0.717) is 27.0 Å². The van der Waals surface area contributed by atoms with E-state index in [1.807, 2.05) is 19.9 Å². The first kappa shape index (κ1) is 28.7. The number of benzene rings is 3. The first-order chi connectivity index (χ1) is 21.0. The molecule has 0 aromatic heterocycles. The molecule has 1 saturated carbocycles. The van der Waals surface area contributed by atoms with Gasteiger partial charge in [0.2, 0.25) is 23.6 Å². The van der Waals surface area contributed by atoms with Crippen LogP contribution in [-0.4, -0.2) is 28.7 Å². The largest absolute Gasteiger partial charge is 0.505 e. The second kappa shape index (κ2) is 10.3. The number of aromatic hydroxyl groups is 1. The number of amides is 4. The molecular weight excluding hydrogens is 606 g/mol. The zero-order chi connectivity index (χ0) is 31.2. The highest BCUT2D eigenvalue weighted by molar-refractivity contribution is 6.33. The average Bonchev–Trinajstić information content (AvgIpc) is 3.40. The Morgan fingerprint density at radius 3 is 1.86 bits per heavy atom. The van der Waals surface area contributed by atoms with Gasteiger partial charge in [-0.3, -0.25) is 19.2 Å². The summed E-state index contributed by atoms with van der Waals surface area (Å²) in [5, 5.41) is 10.8. The third-order valence-corrected chi connectivity index (χ3v) is 10.6. The number of fused-ring (bicyclic) bond motifs is 4. The van der Waals surface area contributed by atoms with Crippen LogP contribution in [0.2, 0.25) is 10.0 Å². The minimum atomic E-state index is -0.871. The molecule has 3 aromatic carbocycles. The fraction of sp³-hybridized carbons (Fsp3) is 0.294. The summed E-state index contributed by atoms with van der Waals surface area (Å²) in [7, 11) is 0. The zero-order valence-corrected chi connectivity index (χ0v) is 25.3. The number of allylic oxidation sites excluding steroid dienone is 2. The number of carbonyl (C=O) groups excluding carboxylic acids is 4. The van der Waals surface area contributed by atoms with Gasteiger partial charge in [-0.15, -0.1) is 0 Å². The second-order valence-electron chi connectivity index (χ2n) is 12.1. The second-order valence-corrected chi connectivity index (χ2v) is 12.9. The fourth-order valence-corrected chi connectivity index (χ4v) is 7.98. The van der Waals surface area contributed by atoms with E-state index in [9.17, 15) is 28.7 Å². The molecule has 3 fully saturated rings. The molecule has 1 N–H and O–H groups in total. The molecule has 4 amide bonds. The number of nitrogens with zero attached hydrogens (tertiary/aromatic N) is 2. The predicted octanol–water partition coefficient (Wildman–Crippen LogP) is 6.50. The SMILES string of the molecule is Cc1ccc(N2C(=O)[C@H]3[C@H](CC=C4[C@H]3C[C@H]3C(=O)N(c5ccc(C)c(Cl)c5)C(=O)[C@H]3[C@H]4c3ccc(O)c(F)c3)C2=O)cc1Cl. The topological polar surface area (TPSA) is 95.0 Å². The molecule has 7 nitrogen and oxygen atoms in total. The van der Waals surface area contributed by atoms with E-state index in [1.165, 1.54) is 17.0 Å². The monoisotopic (exact) mass is 632 g/mol. The minimum Gasteiger partial charge on any atom is -0.505 e. The Labute approximate surface area is 262 Å². The van der Waals surface area contributed by atoms with Crippen molar-refractivity contribution in [2.24, 2.45) is 29.6 Å². The van der Waals surface area contributed by atoms with E-state index >= 15 is 0 Å². The van der Waals surface area contributed by atoms with Gasteiger partial charge in [-0.25, -0.2) is 14.2 Å². The molecule has 7 rings (SSSR count). The molecule has 0 radical (unpaired) electrons. The van der Waals surface area contributed by atoms with Crippen molar-refractivity contribution in [2.45, 2.75) is 32.6 Å². The number of phenols is 1. The number of hydrogen-bond acceptors (Lipinski definition) is 5. The molecular formula is C34H27Cl2FN2O5. The Hall–Kier alpha value is -4.01. The van der Waals surface area contributed by atoms with Crippen LogP contribution in [0, 0.1) is 49.3 Å². The lowest BCUT2D eigenvalue weighted by Crippen LogP contribution is -2.43. The highest BCUT2D eigenvalue weighted by Gasteiger charge is 2.62. The number of carbonyl (C=O) groups is 4. The number of imide groups is 2. The third kappa shape index (κ3) is 4.14. The molecule has 44 heavy (non-hydrogen) atoms. The molecule has 2 heterocycles. The lowest BCUT2D eigenvalue weighted by molar-refractivity contribution is -0.126. The van der Waals surface area contributed by atoms with Crippen LogP contribution in [0.5, 0.6) is 5.75 Å². The summed E-state index contributed by atoms with van der Waals surface area (Å²) in [5.74, 6) is -7.38. The van der Waals surface area contributed by atoms with Crippen LogP contribution >= 0.6 is 23.2 Å². The Morgan fingerprint density at radius 2 is 1.30 bits per heavy atom. The summed E-state index contributed by atoms with van der Waals surface area (Å²) in [6.45, 7) is 3.64. The van der Waals surface area contributed by atoms with Gasteiger partial charge in [-0.1, -0.05) is 53.1 Å². The summed E-state index contributed by atoms with van der Waals surface area (Å²) in [6, 6.07) is 13.9. The van der Waals surface area contributed by atoms with E-state index in [-0.39, 0.29) is 24.7 Å². The smallest absolute Gasteiger partial charge is 0.238 e. The summed E-state index contributed by atoms with van der Waals surface area (Å²) < 4.78 is 14.8. The Balaban J connectivity index is 1.34. The van der Waals surface area contributed by atoms with Crippen molar-refractivity contribution >= 4 is 58.2 Å². The van der Waals surface area contributed by atoms with E-state index < -0.39 is 58.9 Å². The fourth-order valence-electron chi connectivity index (χ4n) is 7.63. The number of aryl methyl sites for hydroxylation is 2. The van der Waals surface area contributed by atoms with Gasteiger partial charge in [-0.2, -0.15) is 0 Å². The van der Waals surface area contributed by atoms with E-state index in [2.05, 4.69) is 0 Å². The number of hydrogen-bond donors (Lipinski definition) is 1. The highest BCUT2D eigenvalue weighted by Crippen LogP contribution is 2.58. The van der Waals surface area contributed by atoms with Gasteiger partial charge in [0.05, 0.1) is 35.0 Å². The lowest BCUT2D eigenvalue weighted by atomic mass is 9.57. The molecule has 10 heteroatoms. The van der Waals surface area contributed by atoms with Crippen LogP contribution in [0.4, 0.5) is 15.8 Å². The van der Waals surface area contributed by atoms with Gasteiger partial charge in [-0.05, 0) is 85.7 Å². The van der Waals surface area contributed by atoms with Crippen LogP contribution in [0.25, 0.3) is 0 Å². The van der Waals surface area contributed by atoms with Gasteiger partial charge in [0.1, 0.15) is 0 Å². The van der Waals surface area contributed by atoms with Crippen molar-refractivity contribution in [1.82, 2.24) is 0 Å². The molecule has 0 bridgehead atoms. The quantitative estimate of drug-likeness (QED) is 0.263. The van der Waals surface area contributed by atoms with Crippen molar-refractivity contribution in [2.75, 3.05) is 9.80 Å². The van der Waals surface area contributed by atoms with Crippen LogP contribution in [0.1, 0.15) is 35.4 Å². The number of anilines is 2. The zero-order valence-electron chi connectivity index (χ0n) is 23.8. The number of rotatable bonds is 3. The molecule has 6 atom stereocenters. The standard InChI is InChI=1S/C34H27Cl2FN2O5/c1-15-3-6-18(12-24(15)35)38-31(41)21-9-8-20-22(29(21)33(38)43)14-23-30(28(20)17-5-10-27(40)26(37)11-17)34(44)39(32(23)42)19-7-4-16(2)25(36)13-19/h3-8,10-13,21-23,28-30,40H,9,14H2,1-2H3/t21-,22+,23+,28-,29-,30+/m0/s1. The van der Waals surface area contributed by atoms with E-state index in [1.54, 1.807) is 42.5 Å². The highest BCUT2D eigenvalue weighted by atomic mass is 35.5. The first-order valence-corrected chi connectivity index (χ1v) is 15.2. The van der Waals surface area contributed by atoms with Crippen LogP contribution in [0.15, 0.2) is 66.2 Å². The summed E-state index contributed by atoms with van der Waals surface area (Å²) in [5.41, 5.74) is 3.45. The Kier molecular flexibility index (Phi) is 6.71. The third-order valence-electron chi connectivity index (χ3n) is 9.81. The summed E-state index contributed by atoms with van der Waals surface area (Å²) in [6.07, 6.45) is 2.32. The lowest BCUT2D eigenvalue weighted by Gasteiger charge is -2.44. The predicted molar refractivity (Wildman–Crippen MR) is 163 cm³/mol. The van der Waals surface area contributed by atoms with Gasteiger partial charge in [0.15, 0.2) is 11.6 Å². The molecule has 2 aliphatic heterocycles. The Morgan fingerprint density at radius 1 is 0.727 bits per heavy atom. The van der Waals surface area contributed by atoms with Crippen LogP contribution < -0.4 is 9.80 Å². The molecule has 2 aliphatic carbocycles. The maximum Gasteiger partial charge on any atom is 0.238 e. The maximum absolute atomic E-state index is 14.8. The van der Waals surface area contributed by atoms with Gasteiger partial charge in [0, 0.05) is 16.0 Å². The summed E-state index contributed by atoms with van der Waals surface area (Å²) >= 11 is 12.7. The van der Waals surface area contributed by atoms with Crippen molar-refractivity contribution in [3.63, 3.8) is 0 Å². The van der Waals surface area contributed by atoms with Crippen LogP contribution in [-0.2, 0) is 19.2 Å². The molecule has 2 saturated heterocycles. The van der Waals surface area contributed by atoms with Gasteiger partial charge >= 0.3 is 0 Å². The van der Waals surface area contributed by atoms with Gasteiger partial charge in [0.25, 0.3) is 0 Å². The van der Waals surface area contributed by atoms with Crippen molar-refractivity contribution < 1.29 is 28.7 Å². The van der Waals surface area contributed by atoms with Crippen molar-refractivity contribution in [3.05, 3.63) is 98.8 Å². The Bertz CT molecular complexity index is 1840. The van der Waals surface area contributed by atoms with Crippen LogP contribution in [0.3, 0.4) is 0 Å². The van der Waals surface area contributed by atoms with Crippen molar-refractivity contribution in [1.29, 1.82) is 0 Å². The summed E-state index contributed by atoms with van der Waals surface area (Å²) in [4.78, 5) is 58.3. The minimum absolute atomic E-state index is 0.177. The van der Waals surface area contributed by atoms with E-state index in [4.69, 9.17) is 23.2 Å². The molecule has 0 spiro atoms. The first-order valence-electron chi connectivity index (χ1n) is 14.4. The normalized spacial score (nSPS) is 27.8. The molecule has 4 aliphatic rings. The molecule has 224 valence electrons. The van der Waals surface area contributed by atoms with E-state index in [0.717, 1.165) is 21.6 Å². The number of phenolic OH excluding ortho intramolecular Hbond substituents is 1. The molecule has 0 unspecified atom stereocenters.